The molecule has 4 aromatic carbocycles. The van der Waals surface area contributed by atoms with Gasteiger partial charge in [0.15, 0.2) is 0 Å². The van der Waals surface area contributed by atoms with E-state index in [1.165, 1.54) is 32.3 Å². The van der Waals surface area contributed by atoms with E-state index in [1.807, 2.05) is 6.20 Å². The summed E-state index contributed by atoms with van der Waals surface area (Å²) in [6.45, 7) is 0. The van der Waals surface area contributed by atoms with Crippen LogP contribution in [0.5, 0.6) is 0 Å². The molecule has 0 saturated carbocycles. The maximum atomic E-state index is 4.47. The minimum atomic E-state index is 0.906. The Bertz CT molecular complexity index is 1190. The SMILES string of the molecule is c1ccc2cc3cc4c(-c5cnccn5)cccc4cc3cc2c1. The van der Waals surface area contributed by atoms with E-state index < -0.39 is 0 Å². The molecule has 0 unspecified atom stereocenters. The van der Waals surface area contributed by atoms with Crippen LogP contribution in [-0.4, -0.2) is 9.97 Å². The molecule has 24 heavy (non-hydrogen) atoms. The molecule has 112 valence electrons. The first-order valence-corrected chi connectivity index (χ1v) is 8.00. The number of fused-ring (bicyclic) bond motifs is 3. The number of aromatic nitrogens is 2. The molecule has 1 heterocycles. The van der Waals surface area contributed by atoms with Gasteiger partial charge in [-0.15, -0.1) is 0 Å². The maximum Gasteiger partial charge on any atom is 0.0891 e. The summed E-state index contributed by atoms with van der Waals surface area (Å²) in [7, 11) is 0. The second-order valence-corrected chi connectivity index (χ2v) is 6.02. The van der Waals surface area contributed by atoms with Crippen LogP contribution < -0.4 is 0 Å². The second-order valence-electron chi connectivity index (χ2n) is 6.02. The standard InChI is InChI=1S/C22H14N2/c1-2-5-16-11-19-13-21-17(12-18(19)10-15(16)4-1)6-3-7-20(21)22-14-23-8-9-24-22/h1-14H. The van der Waals surface area contributed by atoms with E-state index in [2.05, 4.69) is 76.7 Å². The predicted octanol–water partition coefficient (Wildman–Crippen LogP) is 5.60. The molecule has 5 aromatic rings. The van der Waals surface area contributed by atoms with E-state index >= 15 is 0 Å². The lowest BCUT2D eigenvalue weighted by atomic mass is 9.96. The predicted molar refractivity (Wildman–Crippen MR) is 100.0 cm³/mol. The van der Waals surface area contributed by atoms with Crippen molar-refractivity contribution in [1.29, 1.82) is 0 Å². The van der Waals surface area contributed by atoms with Crippen molar-refractivity contribution in [1.82, 2.24) is 9.97 Å². The fourth-order valence-corrected chi connectivity index (χ4v) is 3.38. The molecule has 0 bridgehead atoms. The van der Waals surface area contributed by atoms with Gasteiger partial charge in [0.05, 0.1) is 11.9 Å². The van der Waals surface area contributed by atoms with E-state index in [1.54, 1.807) is 12.4 Å². The molecule has 0 atom stereocenters. The van der Waals surface area contributed by atoms with Crippen LogP contribution in [0.1, 0.15) is 0 Å². The summed E-state index contributed by atoms with van der Waals surface area (Å²) >= 11 is 0. The molecule has 0 amide bonds. The van der Waals surface area contributed by atoms with Crippen molar-refractivity contribution in [2.75, 3.05) is 0 Å². The van der Waals surface area contributed by atoms with Gasteiger partial charge < -0.3 is 0 Å². The molecule has 0 radical (unpaired) electrons. The Labute approximate surface area is 139 Å². The third-order valence-corrected chi connectivity index (χ3v) is 4.54. The Hall–Kier alpha value is -3.26. The van der Waals surface area contributed by atoms with Crippen LogP contribution in [0, 0.1) is 0 Å². The van der Waals surface area contributed by atoms with E-state index in [4.69, 9.17) is 0 Å². The Morgan fingerprint density at radius 1 is 0.583 bits per heavy atom. The number of hydrogen-bond acceptors (Lipinski definition) is 2. The summed E-state index contributed by atoms with van der Waals surface area (Å²) < 4.78 is 0. The molecule has 0 spiro atoms. The Kier molecular flexibility index (Phi) is 2.83. The number of hydrogen-bond donors (Lipinski definition) is 0. The van der Waals surface area contributed by atoms with Crippen LogP contribution in [0.4, 0.5) is 0 Å². The van der Waals surface area contributed by atoms with Crippen LogP contribution in [0.2, 0.25) is 0 Å². The van der Waals surface area contributed by atoms with Gasteiger partial charge in [-0.1, -0.05) is 42.5 Å². The van der Waals surface area contributed by atoms with Crippen molar-refractivity contribution < 1.29 is 0 Å². The summed E-state index contributed by atoms with van der Waals surface area (Å²) in [5, 5.41) is 7.48. The third kappa shape index (κ3) is 2.04. The van der Waals surface area contributed by atoms with Gasteiger partial charge in [-0.25, -0.2) is 0 Å². The molecular weight excluding hydrogens is 292 g/mol. The van der Waals surface area contributed by atoms with Gasteiger partial charge in [-0.05, 0) is 56.6 Å². The lowest BCUT2D eigenvalue weighted by molar-refractivity contribution is 1.21. The van der Waals surface area contributed by atoms with Crippen LogP contribution in [0.15, 0.2) is 85.3 Å². The molecule has 5 rings (SSSR count). The minimum absolute atomic E-state index is 0.906. The zero-order valence-corrected chi connectivity index (χ0v) is 13.0. The van der Waals surface area contributed by atoms with Gasteiger partial charge in [0, 0.05) is 18.0 Å². The molecule has 0 aliphatic carbocycles. The Morgan fingerprint density at radius 3 is 2.04 bits per heavy atom. The highest BCUT2D eigenvalue weighted by Gasteiger charge is 2.07. The molecule has 0 fully saturated rings. The average Bonchev–Trinajstić information content (AvgIpc) is 2.65. The van der Waals surface area contributed by atoms with E-state index in [-0.39, 0.29) is 0 Å². The summed E-state index contributed by atoms with van der Waals surface area (Å²) in [6.07, 6.45) is 5.26. The van der Waals surface area contributed by atoms with E-state index in [0.29, 0.717) is 0 Å². The Balaban J connectivity index is 1.87. The van der Waals surface area contributed by atoms with Crippen molar-refractivity contribution in [2.45, 2.75) is 0 Å². The van der Waals surface area contributed by atoms with Crippen molar-refractivity contribution in [2.24, 2.45) is 0 Å². The van der Waals surface area contributed by atoms with Crippen molar-refractivity contribution in [3.63, 3.8) is 0 Å². The molecule has 0 N–H and O–H groups in total. The zero-order chi connectivity index (χ0) is 15.9. The van der Waals surface area contributed by atoms with Crippen LogP contribution in [0.3, 0.4) is 0 Å². The van der Waals surface area contributed by atoms with Crippen molar-refractivity contribution in [3.05, 3.63) is 85.3 Å². The monoisotopic (exact) mass is 306 g/mol. The summed E-state index contributed by atoms with van der Waals surface area (Å²) in [6, 6.07) is 23.9. The first kappa shape index (κ1) is 13.2. The normalized spacial score (nSPS) is 11.3. The van der Waals surface area contributed by atoms with Crippen LogP contribution in [-0.2, 0) is 0 Å². The number of rotatable bonds is 1. The van der Waals surface area contributed by atoms with Crippen molar-refractivity contribution >= 4 is 32.3 Å². The molecule has 2 heteroatoms. The first-order valence-electron chi connectivity index (χ1n) is 8.00. The van der Waals surface area contributed by atoms with Gasteiger partial charge >= 0.3 is 0 Å². The first-order chi connectivity index (χ1) is 11.9. The second kappa shape index (κ2) is 5.14. The molecule has 0 saturated heterocycles. The van der Waals surface area contributed by atoms with Crippen LogP contribution in [0.25, 0.3) is 43.6 Å². The summed E-state index contributed by atoms with van der Waals surface area (Å²) in [5.41, 5.74) is 2.03. The highest BCUT2D eigenvalue weighted by atomic mass is 14.8. The maximum absolute atomic E-state index is 4.47. The fourth-order valence-electron chi connectivity index (χ4n) is 3.38. The van der Waals surface area contributed by atoms with Gasteiger partial charge in [-0.2, -0.15) is 0 Å². The van der Waals surface area contributed by atoms with Crippen molar-refractivity contribution in [3.8, 4) is 11.3 Å². The van der Waals surface area contributed by atoms with Gasteiger partial charge in [0.1, 0.15) is 0 Å². The van der Waals surface area contributed by atoms with E-state index in [0.717, 1.165) is 11.3 Å². The molecule has 2 nitrogen and oxygen atoms in total. The highest BCUT2D eigenvalue weighted by molar-refractivity contribution is 6.08. The third-order valence-electron chi connectivity index (χ3n) is 4.54. The van der Waals surface area contributed by atoms with Gasteiger partial charge in [-0.3, -0.25) is 9.97 Å². The molecular formula is C22H14N2. The fraction of sp³-hybridized carbons (Fsp3) is 0. The zero-order valence-electron chi connectivity index (χ0n) is 13.0. The smallest absolute Gasteiger partial charge is 0.0891 e. The van der Waals surface area contributed by atoms with E-state index in [9.17, 15) is 0 Å². The molecule has 0 aliphatic heterocycles. The Morgan fingerprint density at radius 2 is 1.29 bits per heavy atom. The summed E-state index contributed by atoms with van der Waals surface area (Å²) in [5.74, 6) is 0. The largest absolute Gasteiger partial charge is 0.261 e. The minimum Gasteiger partial charge on any atom is -0.261 e. The molecule has 1 aromatic heterocycles. The number of benzene rings is 4. The molecule has 0 aliphatic rings. The van der Waals surface area contributed by atoms with Crippen LogP contribution >= 0.6 is 0 Å². The lowest BCUT2D eigenvalue weighted by Gasteiger charge is -2.09. The average molecular weight is 306 g/mol. The quantitative estimate of drug-likeness (QED) is 0.376. The van der Waals surface area contributed by atoms with Gasteiger partial charge in [0.2, 0.25) is 0 Å². The lowest BCUT2D eigenvalue weighted by Crippen LogP contribution is -1.87. The summed E-state index contributed by atoms with van der Waals surface area (Å²) in [4.78, 5) is 8.68. The number of nitrogens with zero attached hydrogens (tertiary/aromatic N) is 2. The topological polar surface area (TPSA) is 25.8 Å². The highest BCUT2D eigenvalue weighted by Crippen LogP contribution is 2.32. The van der Waals surface area contributed by atoms with Gasteiger partial charge in [0.25, 0.3) is 0 Å².